The monoisotopic (exact) mass is 279 g/mol. The number of hydrogen-bond donors (Lipinski definition) is 1. The highest BCUT2D eigenvalue weighted by Gasteiger charge is 2.06. The fraction of sp³-hybridized carbons (Fsp3) is 0.214. The number of pyridine rings is 1. The number of ether oxygens (including phenoxy) is 1. The number of methoxy groups -OCH3 is 1. The van der Waals surface area contributed by atoms with Crippen molar-refractivity contribution in [1.82, 2.24) is 4.98 Å². The van der Waals surface area contributed by atoms with E-state index >= 15 is 0 Å². The van der Waals surface area contributed by atoms with Crippen LogP contribution in [0.2, 0.25) is 5.02 Å². The molecule has 0 N–H and O–H groups in total. The van der Waals surface area contributed by atoms with Gasteiger partial charge in [-0.05, 0) is 36.8 Å². The first-order valence-electron chi connectivity index (χ1n) is 5.57. The van der Waals surface area contributed by atoms with E-state index in [-0.39, 0.29) is 0 Å². The van der Waals surface area contributed by atoms with Gasteiger partial charge >= 0.3 is 0 Å². The van der Waals surface area contributed by atoms with Crippen LogP contribution in [0, 0.1) is 6.92 Å². The Morgan fingerprint density at radius 1 is 1.28 bits per heavy atom. The smallest absolute Gasteiger partial charge is 0.137 e. The normalized spacial score (nSPS) is 10.4. The van der Waals surface area contributed by atoms with Crippen LogP contribution in [0.25, 0.3) is 11.3 Å². The van der Waals surface area contributed by atoms with Crippen molar-refractivity contribution < 1.29 is 4.74 Å². The molecule has 0 radical (unpaired) electrons. The third-order valence-corrected chi connectivity index (χ3v) is 3.45. The fourth-order valence-corrected chi connectivity index (χ4v) is 2.34. The summed E-state index contributed by atoms with van der Waals surface area (Å²) in [6.45, 7) is 1.99. The molecule has 0 fully saturated rings. The van der Waals surface area contributed by atoms with E-state index in [1.54, 1.807) is 7.11 Å². The number of aromatic nitrogens is 1. The molecule has 94 valence electrons. The number of hydrogen-bond acceptors (Lipinski definition) is 3. The van der Waals surface area contributed by atoms with Crippen LogP contribution in [-0.4, -0.2) is 12.1 Å². The Morgan fingerprint density at radius 2 is 2.06 bits per heavy atom. The molecule has 0 aliphatic carbocycles. The van der Waals surface area contributed by atoms with Gasteiger partial charge in [-0.15, -0.1) is 0 Å². The molecular formula is C14H14ClNOS. The first-order valence-corrected chi connectivity index (χ1v) is 6.58. The van der Waals surface area contributed by atoms with Crippen LogP contribution in [0.4, 0.5) is 0 Å². The van der Waals surface area contributed by atoms with Gasteiger partial charge in [0.1, 0.15) is 5.75 Å². The lowest BCUT2D eigenvalue weighted by molar-refractivity contribution is 0.415. The van der Waals surface area contributed by atoms with E-state index in [1.165, 1.54) is 0 Å². The molecule has 2 rings (SSSR count). The summed E-state index contributed by atoms with van der Waals surface area (Å²) >= 11 is 10.4. The maximum absolute atomic E-state index is 6.11. The lowest BCUT2D eigenvalue weighted by Gasteiger charge is -2.08. The Morgan fingerprint density at radius 3 is 2.61 bits per heavy atom. The highest BCUT2D eigenvalue weighted by atomic mass is 35.5. The molecule has 0 amide bonds. The highest BCUT2D eigenvalue weighted by molar-refractivity contribution is 7.79. The molecule has 0 saturated heterocycles. The Balaban J connectivity index is 2.42. The van der Waals surface area contributed by atoms with Gasteiger partial charge < -0.3 is 4.74 Å². The minimum atomic E-state index is 0.590. The van der Waals surface area contributed by atoms with Crippen molar-refractivity contribution in [3.8, 4) is 17.0 Å². The van der Waals surface area contributed by atoms with Crippen molar-refractivity contribution in [1.29, 1.82) is 0 Å². The number of thiol groups is 1. The first kappa shape index (κ1) is 13.2. The van der Waals surface area contributed by atoms with E-state index in [1.807, 2.05) is 37.3 Å². The topological polar surface area (TPSA) is 22.1 Å². The lowest BCUT2D eigenvalue weighted by Crippen LogP contribution is -1.93. The van der Waals surface area contributed by atoms with E-state index < -0.39 is 0 Å². The van der Waals surface area contributed by atoms with Gasteiger partial charge in [0, 0.05) is 17.0 Å². The van der Waals surface area contributed by atoms with Crippen molar-refractivity contribution in [2.24, 2.45) is 0 Å². The lowest BCUT2D eigenvalue weighted by atomic mass is 10.1. The second kappa shape index (κ2) is 5.63. The standard InChI is InChI=1S/C14H14ClNOS/c1-9-11(8-18)3-5-13(16-9)10-4-6-14(17-2)12(15)7-10/h3-7,18H,8H2,1-2H3. The predicted octanol–water partition coefficient (Wildman–Crippen LogP) is 4.15. The molecule has 1 aromatic carbocycles. The van der Waals surface area contributed by atoms with Gasteiger partial charge in [0.25, 0.3) is 0 Å². The Labute approximate surface area is 117 Å². The average Bonchev–Trinajstić information content (AvgIpc) is 2.38. The molecule has 0 spiro atoms. The highest BCUT2D eigenvalue weighted by Crippen LogP contribution is 2.29. The molecule has 0 saturated carbocycles. The van der Waals surface area contributed by atoms with Gasteiger partial charge in [-0.25, -0.2) is 0 Å². The zero-order valence-electron chi connectivity index (χ0n) is 10.3. The number of rotatable bonds is 3. The van der Waals surface area contributed by atoms with Crippen LogP contribution in [0.5, 0.6) is 5.75 Å². The molecule has 0 unspecified atom stereocenters. The number of benzene rings is 1. The molecular weight excluding hydrogens is 266 g/mol. The summed E-state index contributed by atoms with van der Waals surface area (Å²) in [5, 5.41) is 0.590. The maximum atomic E-state index is 6.11. The third-order valence-electron chi connectivity index (χ3n) is 2.81. The van der Waals surface area contributed by atoms with Gasteiger partial charge in [0.2, 0.25) is 0 Å². The van der Waals surface area contributed by atoms with Crippen molar-refractivity contribution in [2.45, 2.75) is 12.7 Å². The van der Waals surface area contributed by atoms with Crippen LogP contribution in [-0.2, 0) is 5.75 Å². The largest absolute Gasteiger partial charge is 0.495 e. The quantitative estimate of drug-likeness (QED) is 0.853. The van der Waals surface area contributed by atoms with Gasteiger partial charge in [-0.3, -0.25) is 4.98 Å². The Hall–Kier alpha value is -1.19. The Kier molecular flexibility index (Phi) is 4.15. The van der Waals surface area contributed by atoms with Crippen LogP contribution in [0.1, 0.15) is 11.3 Å². The van der Waals surface area contributed by atoms with Gasteiger partial charge in [-0.2, -0.15) is 12.6 Å². The zero-order valence-corrected chi connectivity index (χ0v) is 11.9. The summed E-state index contributed by atoms with van der Waals surface area (Å²) in [6.07, 6.45) is 0. The van der Waals surface area contributed by atoms with E-state index in [4.69, 9.17) is 16.3 Å². The van der Waals surface area contributed by atoms with E-state index in [0.717, 1.165) is 22.5 Å². The first-order chi connectivity index (χ1) is 8.65. The van der Waals surface area contributed by atoms with Gasteiger partial charge in [0.05, 0.1) is 17.8 Å². The number of nitrogens with zero attached hydrogens (tertiary/aromatic N) is 1. The number of halogens is 1. The van der Waals surface area contributed by atoms with E-state index in [9.17, 15) is 0 Å². The summed E-state index contributed by atoms with van der Waals surface area (Å²) in [5.74, 6) is 1.37. The minimum Gasteiger partial charge on any atom is -0.495 e. The summed E-state index contributed by atoms with van der Waals surface area (Å²) < 4.78 is 5.13. The summed E-state index contributed by atoms with van der Waals surface area (Å²) in [6, 6.07) is 9.69. The molecule has 2 nitrogen and oxygen atoms in total. The SMILES string of the molecule is COc1ccc(-c2ccc(CS)c(C)n2)cc1Cl. The van der Waals surface area contributed by atoms with Crippen molar-refractivity contribution >= 4 is 24.2 Å². The van der Waals surface area contributed by atoms with Crippen molar-refractivity contribution in [3.63, 3.8) is 0 Å². The van der Waals surface area contributed by atoms with Crippen LogP contribution in [0.15, 0.2) is 30.3 Å². The average molecular weight is 280 g/mol. The summed E-state index contributed by atoms with van der Waals surface area (Å²) in [4.78, 5) is 4.56. The molecule has 0 atom stereocenters. The molecule has 2 aromatic rings. The van der Waals surface area contributed by atoms with Crippen molar-refractivity contribution in [2.75, 3.05) is 7.11 Å². The second-order valence-corrected chi connectivity index (χ2v) is 4.67. The molecule has 18 heavy (non-hydrogen) atoms. The van der Waals surface area contributed by atoms with Crippen molar-refractivity contribution in [3.05, 3.63) is 46.6 Å². The number of aryl methyl sites for hydroxylation is 1. The van der Waals surface area contributed by atoms with Crippen LogP contribution in [0.3, 0.4) is 0 Å². The van der Waals surface area contributed by atoms with E-state index in [2.05, 4.69) is 17.6 Å². The second-order valence-electron chi connectivity index (χ2n) is 3.95. The molecule has 0 bridgehead atoms. The molecule has 0 aliphatic heterocycles. The molecule has 1 aromatic heterocycles. The minimum absolute atomic E-state index is 0.590. The Bertz CT molecular complexity index is 520. The van der Waals surface area contributed by atoms with Crippen LogP contribution < -0.4 is 4.74 Å². The molecule has 0 aliphatic rings. The molecule has 1 heterocycles. The van der Waals surface area contributed by atoms with Gasteiger partial charge in [0.15, 0.2) is 0 Å². The third kappa shape index (κ3) is 2.62. The van der Waals surface area contributed by atoms with E-state index in [0.29, 0.717) is 16.5 Å². The van der Waals surface area contributed by atoms with Crippen LogP contribution >= 0.6 is 24.2 Å². The zero-order chi connectivity index (χ0) is 13.1. The maximum Gasteiger partial charge on any atom is 0.137 e. The molecule has 4 heteroatoms. The predicted molar refractivity (Wildman–Crippen MR) is 78.7 cm³/mol. The van der Waals surface area contributed by atoms with Gasteiger partial charge in [-0.1, -0.05) is 17.7 Å². The summed E-state index contributed by atoms with van der Waals surface area (Å²) in [5.41, 5.74) is 4.02. The summed E-state index contributed by atoms with van der Waals surface area (Å²) in [7, 11) is 1.60. The fourth-order valence-electron chi connectivity index (χ4n) is 1.74.